The van der Waals surface area contributed by atoms with Gasteiger partial charge in [-0.3, -0.25) is 9.88 Å². The second kappa shape index (κ2) is 6.47. The fourth-order valence-corrected chi connectivity index (χ4v) is 2.60. The zero-order valence-corrected chi connectivity index (χ0v) is 13.0. The van der Waals surface area contributed by atoms with Crippen LogP contribution in [0.4, 0.5) is 0 Å². The normalized spacial score (nSPS) is 19.9. The molecule has 2 rings (SSSR count). The smallest absolute Gasteiger partial charge is 0.128 e. The van der Waals surface area contributed by atoms with Crippen molar-refractivity contribution in [3.05, 3.63) is 23.0 Å². The number of morpholine rings is 1. The van der Waals surface area contributed by atoms with Gasteiger partial charge >= 0.3 is 0 Å². The van der Waals surface area contributed by atoms with E-state index < -0.39 is 0 Å². The van der Waals surface area contributed by atoms with Crippen molar-refractivity contribution >= 4 is 17.2 Å². The van der Waals surface area contributed by atoms with E-state index in [2.05, 4.69) is 9.88 Å². The average Bonchev–Trinajstić information content (AvgIpc) is 2.43. The minimum atomic E-state index is -0.161. The second-order valence-electron chi connectivity index (χ2n) is 5.04. The van der Waals surface area contributed by atoms with Crippen LogP contribution in [0.2, 0.25) is 0 Å². The number of nitrogens with two attached hydrogens (primary N) is 1. The number of pyridine rings is 1. The number of nitrogens with zero attached hydrogens (tertiary/aromatic N) is 2. The minimum Gasteiger partial charge on any atom is -0.496 e. The van der Waals surface area contributed by atoms with Crippen molar-refractivity contribution < 1.29 is 9.47 Å². The van der Waals surface area contributed by atoms with Crippen LogP contribution in [0.5, 0.6) is 5.75 Å². The summed E-state index contributed by atoms with van der Waals surface area (Å²) in [5.41, 5.74) is 8.83. The van der Waals surface area contributed by atoms with Gasteiger partial charge in [-0.25, -0.2) is 0 Å². The number of aromatic nitrogens is 1. The maximum atomic E-state index is 5.66. The Morgan fingerprint density at radius 1 is 1.60 bits per heavy atom. The zero-order valence-electron chi connectivity index (χ0n) is 12.2. The SMILES string of the molecule is COc1c(C)cnc(CN2CCOC(C(N)=S)C2)c1C. The molecule has 0 radical (unpaired) electrons. The van der Waals surface area contributed by atoms with Gasteiger partial charge < -0.3 is 15.2 Å². The fraction of sp³-hybridized carbons (Fsp3) is 0.571. The predicted molar refractivity (Wildman–Crippen MR) is 82.1 cm³/mol. The highest BCUT2D eigenvalue weighted by Crippen LogP contribution is 2.25. The molecule has 1 saturated heterocycles. The molecule has 1 aliphatic rings. The van der Waals surface area contributed by atoms with Gasteiger partial charge in [0, 0.05) is 37.0 Å². The summed E-state index contributed by atoms with van der Waals surface area (Å²) < 4.78 is 11.0. The number of hydrogen-bond donors (Lipinski definition) is 1. The molecular formula is C14H21N3O2S. The first-order valence-electron chi connectivity index (χ1n) is 6.65. The highest BCUT2D eigenvalue weighted by Gasteiger charge is 2.23. The molecule has 0 spiro atoms. The Balaban J connectivity index is 2.12. The Bertz CT molecular complexity index is 507. The number of ether oxygens (including phenoxy) is 2. The minimum absolute atomic E-state index is 0.161. The van der Waals surface area contributed by atoms with Gasteiger partial charge in [0.25, 0.3) is 0 Å². The monoisotopic (exact) mass is 295 g/mol. The standard InChI is InChI=1S/C14H21N3O2S/c1-9-6-16-11(10(2)13(9)18-3)7-17-4-5-19-12(8-17)14(15)20/h6,12H,4-5,7-8H2,1-3H3,(H2,15,20). The summed E-state index contributed by atoms with van der Waals surface area (Å²) in [5.74, 6) is 0.911. The lowest BCUT2D eigenvalue weighted by molar-refractivity contribution is 0.00336. The molecule has 5 nitrogen and oxygen atoms in total. The summed E-state index contributed by atoms with van der Waals surface area (Å²) >= 11 is 5.01. The van der Waals surface area contributed by atoms with Crippen LogP contribution in [0.15, 0.2) is 6.20 Å². The quantitative estimate of drug-likeness (QED) is 0.842. The lowest BCUT2D eigenvalue weighted by atomic mass is 10.1. The summed E-state index contributed by atoms with van der Waals surface area (Å²) in [6, 6.07) is 0. The van der Waals surface area contributed by atoms with Crippen molar-refractivity contribution in [2.75, 3.05) is 26.8 Å². The summed E-state index contributed by atoms with van der Waals surface area (Å²) in [7, 11) is 1.69. The lowest BCUT2D eigenvalue weighted by Crippen LogP contribution is -2.47. The Morgan fingerprint density at radius 3 is 3.00 bits per heavy atom. The Kier molecular flexibility index (Phi) is 4.91. The van der Waals surface area contributed by atoms with E-state index in [0.29, 0.717) is 18.1 Å². The molecule has 2 N–H and O–H groups in total. The fourth-order valence-electron chi connectivity index (χ4n) is 2.46. The molecule has 20 heavy (non-hydrogen) atoms. The van der Waals surface area contributed by atoms with Gasteiger partial charge in [-0.15, -0.1) is 0 Å². The summed E-state index contributed by atoms with van der Waals surface area (Å²) in [5, 5.41) is 0. The molecule has 0 saturated carbocycles. The molecule has 110 valence electrons. The zero-order chi connectivity index (χ0) is 14.7. The van der Waals surface area contributed by atoms with Gasteiger partial charge in [0.15, 0.2) is 0 Å². The van der Waals surface area contributed by atoms with E-state index in [1.54, 1.807) is 7.11 Å². The van der Waals surface area contributed by atoms with Gasteiger partial charge in [0.1, 0.15) is 16.8 Å². The third kappa shape index (κ3) is 3.26. The molecule has 2 heterocycles. The van der Waals surface area contributed by atoms with Crippen molar-refractivity contribution in [1.82, 2.24) is 9.88 Å². The summed E-state index contributed by atoms with van der Waals surface area (Å²) in [4.78, 5) is 7.20. The maximum Gasteiger partial charge on any atom is 0.128 e. The number of thiocarbonyl (C=S) groups is 1. The van der Waals surface area contributed by atoms with Crippen LogP contribution in [0.3, 0.4) is 0 Å². The number of methoxy groups -OCH3 is 1. The highest BCUT2D eigenvalue weighted by atomic mass is 32.1. The average molecular weight is 295 g/mol. The Labute approximate surface area is 125 Å². The molecule has 1 fully saturated rings. The molecule has 6 heteroatoms. The van der Waals surface area contributed by atoms with Crippen LogP contribution in [0.25, 0.3) is 0 Å². The molecule has 0 aromatic carbocycles. The van der Waals surface area contributed by atoms with Crippen molar-refractivity contribution in [3.8, 4) is 5.75 Å². The van der Waals surface area contributed by atoms with Crippen molar-refractivity contribution in [1.29, 1.82) is 0 Å². The molecular weight excluding hydrogens is 274 g/mol. The van der Waals surface area contributed by atoms with Crippen LogP contribution < -0.4 is 10.5 Å². The third-order valence-electron chi connectivity index (χ3n) is 3.59. The number of hydrogen-bond acceptors (Lipinski definition) is 5. The van der Waals surface area contributed by atoms with Gasteiger partial charge in [-0.2, -0.15) is 0 Å². The van der Waals surface area contributed by atoms with E-state index in [1.165, 1.54) is 0 Å². The van der Waals surface area contributed by atoms with E-state index >= 15 is 0 Å². The van der Waals surface area contributed by atoms with E-state index in [0.717, 1.165) is 35.7 Å². The Morgan fingerprint density at radius 2 is 2.35 bits per heavy atom. The van der Waals surface area contributed by atoms with E-state index in [1.807, 2.05) is 20.0 Å². The van der Waals surface area contributed by atoms with Crippen LogP contribution in [0.1, 0.15) is 16.8 Å². The first-order valence-corrected chi connectivity index (χ1v) is 7.06. The second-order valence-corrected chi connectivity index (χ2v) is 5.51. The van der Waals surface area contributed by atoms with Crippen molar-refractivity contribution in [2.24, 2.45) is 5.73 Å². The van der Waals surface area contributed by atoms with Gasteiger partial charge in [-0.05, 0) is 13.8 Å². The molecule has 0 aliphatic carbocycles. The maximum absolute atomic E-state index is 5.66. The highest BCUT2D eigenvalue weighted by molar-refractivity contribution is 7.80. The molecule has 1 atom stereocenters. The van der Waals surface area contributed by atoms with Gasteiger partial charge in [0.05, 0.1) is 19.4 Å². The first-order chi connectivity index (χ1) is 9.52. The molecule has 1 aromatic heterocycles. The molecule has 1 aliphatic heterocycles. The molecule has 0 amide bonds. The Hall–Kier alpha value is -1.24. The predicted octanol–water partition coefficient (Wildman–Crippen LogP) is 1.19. The first kappa shape index (κ1) is 15.2. The molecule has 1 aromatic rings. The van der Waals surface area contributed by atoms with Crippen LogP contribution in [-0.4, -0.2) is 47.8 Å². The van der Waals surface area contributed by atoms with Crippen molar-refractivity contribution in [2.45, 2.75) is 26.5 Å². The van der Waals surface area contributed by atoms with Crippen molar-refractivity contribution in [3.63, 3.8) is 0 Å². The lowest BCUT2D eigenvalue weighted by Gasteiger charge is -2.32. The van der Waals surface area contributed by atoms with E-state index in [4.69, 9.17) is 27.4 Å². The van der Waals surface area contributed by atoms with E-state index in [-0.39, 0.29) is 6.10 Å². The topological polar surface area (TPSA) is 60.6 Å². The number of rotatable bonds is 4. The summed E-state index contributed by atoms with van der Waals surface area (Å²) in [6.45, 7) is 7.01. The van der Waals surface area contributed by atoms with E-state index in [9.17, 15) is 0 Å². The van der Waals surface area contributed by atoms with Crippen LogP contribution in [-0.2, 0) is 11.3 Å². The largest absolute Gasteiger partial charge is 0.496 e. The number of aryl methyl sites for hydroxylation is 1. The van der Waals surface area contributed by atoms with Crippen LogP contribution in [0, 0.1) is 13.8 Å². The van der Waals surface area contributed by atoms with Crippen LogP contribution >= 0.6 is 12.2 Å². The van der Waals surface area contributed by atoms with Gasteiger partial charge in [0.2, 0.25) is 0 Å². The molecule has 0 bridgehead atoms. The summed E-state index contributed by atoms with van der Waals surface area (Å²) in [6.07, 6.45) is 1.69. The molecule has 1 unspecified atom stereocenters. The third-order valence-corrected chi connectivity index (χ3v) is 3.85. The van der Waals surface area contributed by atoms with Gasteiger partial charge in [-0.1, -0.05) is 12.2 Å².